The molecule has 0 aliphatic carbocycles. The molecule has 1 atom stereocenters. The number of piperazine rings is 1. The van der Waals surface area contributed by atoms with Crippen molar-refractivity contribution in [2.75, 3.05) is 37.7 Å². The second-order valence-electron chi connectivity index (χ2n) is 5.82. The standard InChI is InChI=1S/C17H26FN3O2.ClH/c1-2-19-17(23)21-11-10-20(13-16(21)5-3-4-12-22)15-8-6-14(18)7-9-15;/h6-9,16,22H,2-5,10-13H2,1H3,(H,19,23);1H. The molecule has 0 radical (unpaired) electrons. The largest absolute Gasteiger partial charge is 0.396 e. The number of hydrogen-bond acceptors (Lipinski definition) is 3. The summed E-state index contributed by atoms with van der Waals surface area (Å²) in [5, 5.41) is 11.8. The van der Waals surface area contributed by atoms with Gasteiger partial charge in [0.05, 0.1) is 6.04 Å². The molecular weight excluding hydrogens is 333 g/mol. The molecule has 1 aromatic rings. The lowest BCUT2D eigenvalue weighted by Crippen LogP contribution is -2.57. The highest BCUT2D eigenvalue weighted by Crippen LogP contribution is 2.22. The molecule has 0 aromatic heterocycles. The number of nitrogens with zero attached hydrogens (tertiary/aromatic N) is 2. The van der Waals surface area contributed by atoms with E-state index in [9.17, 15) is 9.18 Å². The van der Waals surface area contributed by atoms with E-state index >= 15 is 0 Å². The lowest BCUT2D eigenvalue weighted by molar-refractivity contribution is 0.159. The second kappa shape index (κ2) is 10.4. The van der Waals surface area contributed by atoms with E-state index in [2.05, 4.69) is 10.2 Å². The molecule has 1 unspecified atom stereocenters. The SMILES string of the molecule is CCNC(=O)N1CCN(c2ccc(F)cc2)CC1CCCCO.Cl. The van der Waals surface area contributed by atoms with Gasteiger partial charge in [0, 0.05) is 38.5 Å². The molecule has 2 amide bonds. The molecule has 5 nitrogen and oxygen atoms in total. The van der Waals surface area contributed by atoms with Crippen LogP contribution in [0.25, 0.3) is 0 Å². The Kier molecular flexibility index (Phi) is 8.85. The molecule has 7 heteroatoms. The van der Waals surface area contributed by atoms with Gasteiger partial charge in [-0.3, -0.25) is 0 Å². The van der Waals surface area contributed by atoms with Crippen molar-refractivity contribution in [2.45, 2.75) is 32.2 Å². The first-order valence-electron chi connectivity index (χ1n) is 8.31. The number of amides is 2. The first kappa shape index (κ1) is 20.5. The van der Waals surface area contributed by atoms with Gasteiger partial charge in [0.2, 0.25) is 0 Å². The third-order valence-corrected chi connectivity index (χ3v) is 4.21. The van der Waals surface area contributed by atoms with Crippen molar-refractivity contribution in [3.63, 3.8) is 0 Å². The van der Waals surface area contributed by atoms with Crippen LogP contribution in [0.4, 0.5) is 14.9 Å². The maximum absolute atomic E-state index is 13.1. The average Bonchev–Trinajstić information content (AvgIpc) is 2.56. The first-order valence-corrected chi connectivity index (χ1v) is 8.31. The Morgan fingerprint density at radius 2 is 2.00 bits per heavy atom. The number of rotatable bonds is 6. The molecule has 1 aromatic carbocycles. The van der Waals surface area contributed by atoms with Gasteiger partial charge in [-0.2, -0.15) is 0 Å². The van der Waals surface area contributed by atoms with Crippen molar-refractivity contribution in [3.05, 3.63) is 30.1 Å². The van der Waals surface area contributed by atoms with Gasteiger partial charge >= 0.3 is 6.03 Å². The molecule has 1 aliphatic rings. The van der Waals surface area contributed by atoms with Crippen molar-refractivity contribution in [3.8, 4) is 0 Å². The summed E-state index contributed by atoms with van der Waals surface area (Å²) in [6.07, 6.45) is 2.49. The van der Waals surface area contributed by atoms with E-state index in [1.165, 1.54) is 12.1 Å². The summed E-state index contributed by atoms with van der Waals surface area (Å²) in [5.74, 6) is -0.241. The van der Waals surface area contributed by atoms with Crippen LogP contribution in [0.3, 0.4) is 0 Å². The van der Waals surface area contributed by atoms with Gasteiger partial charge < -0.3 is 20.2 Å². The van der Waals surface area contributed by atoms with Crippen molar-refractivity contribution >= 4 is 24.1 Å². The minimum absolute atomic E-state index is 0. The van der Waals surface area contributed by atoms with E-state index < -0.39 is 0 Å². The summed E-state index contributed by atoms with van der Waals surface area (Å²) in [7, 11) is 0. The predicted octanol–water partition coefficient (Wildman–Crippen LogP) is 2.63. The zero-order chi connectivity index (χ0) is 16.7. The van der Waals surface area contributed by atoms with Crippen LogP contribution in [0, 0.1) is 5.82 Å². The van der Waals surface area contributed by atoms with E-state index in [4.69, 9.17) is 5.11 Å². The van der Waals surface area contributed by atoms with Crippen LogP contribution < -0.4 is 10.2 Å². The van der Waals surface area contributed by atoms with E-state index in [0.29, 0.717) is 13.1 Å². The highest BCUT2D eigenvalue weighted by Gasteiger charge is 2.29. The summed E-state index contributed by atoms with van der Waals surface area (Å²) < 4.78 is 13.1. The van der Waals surface area contributed by atoms with Crippen LogP contribution in [-0.2, 0) is 0 Å². The van der Waals surface area contributed by atoms with Crippen molar-refractivity contribution in [2.24, 2.45) is 0 Å². The monoisotopic (exact) mass is 359 g/mol. The van der Waals surface area contributed by atoms with Crippen LogP contribution in [0.2, 0.25) is 0 Å². The summed E-state index contributed by atoms with van der Waals surface area (Å²) in [4.78, 5) is 16.3. The third kappa shape index (κ3) is 5.53. The van der Waals surface area contributed by atoms with Gasteiger partial charge in [0.15, 0.2) is 0 Å². The second-order valence-corrected chi connectivity index (χ2v) is 5.82. The number of unbranched alkanes of at least 4 members (excludes halogenated alkanes) is 1. The number of anilines is 1. The Balaban J connectivity index is 0.00000288. The fourth-order valence-electron chi connectivity index (χ4n) is 3.00. The van der Waals surface area contributed by atoms with E-state index in [0.717, 1.165) is 38.0 Å². The molecule has 2 N–H and O–H groups in total. The minimum Gasteiger partial charge on any atom is -0.396 e. The lowest BCUT2D eigenvalue weighted by atomic mass is 10.0. The van der Waals surface area contributed by atoms with Crippen LogP contribution >= 0.6 is 12.4 Å². The summed E-state index contributed by atoms with van der Waals surface area (Å²) in [6, 6.07) is 6.56. The van der Waals surface area contributed by atoms with Gasteiger partial charge in [0.25, 0.3) is 0 Å². The van der Waals surface area contributed by atoms with E-state index in [-0.39, 0.29) is 36.9 Å². The fraction of sp³-hybridized carbons (Fsp3) is 0.588. The van der Waals surface area contributed by atoms with Crippen molar-refractivity contribution in [1.29, 1.82) is 0 Å². The number of nitrogens with one attached hydrogen (secondary N) is 1. The molecule has 0 bridgehead atoms. The maximum atomic E-state index is 13.1. The normalized spacial score (nSPS) is 17.4. The Morgan fingerprint density at radius 1 is 1.29 bits per heavy atom. The molecule has 1 fully saturated rings. The quantitative estimate of drug-likeness (QED) is 0.768. The molecule has 1 aliphatic heterocycles. The number of urea groups is 1. The lowest BCUT2D eigenvalue weighted by Gasteiger charge is -2.42. The Hall–Kier alpha value is -1.53. The highest BCUT2D eigenvalue weighted by atomic mass is 35.5. The topological polar surface area (TPSA) is 55.8 Å². The van der Waals surface area contributed by atoms with E-state index in [1.54, 1.807) is 12.1 Å². The molecule has 0 spiro atoms. The first-order chi connectivity index (χ1) is 11.2. The van der Waals surface area contributed by atoms with Crippen LogP contribution in [-0.4, -0.2) is 54.9 Å². The molecule has 1 heterocycles. The number of carbonyl (C=O) groups excluding carboxylic acids is 1. The Labute approximate surface area is 149 Å². The zero-order valence-corrected chi connectivity index (χ0v) is 14.9. The number of halogens is 2. The van der Waals surface area contributed by atoms with Crippen LogP contribution in [0.15, 0.2) is 24.3 Å². The maximum Gasteiger partial charge on any atom is 0.317 e. The number of aliphatic hydroxyl groups is 1. The third-order valence-electron chi connectivity index (χ3n) is 4.21. The zero-order valence-electron chi connectivity index (χ0n) is 14.1. The van der Waals surface area contributed by atoms with Gasteiger partial charge in [0.1, 0.15) is 5.82 Å². The fourth-order valence-corrected chi connectivity index (χ4v) is 3.00. The van der Waals surface area contributed by atoms with Gasteiger partial charge in [-0.15, -0.1) is 12.4 Å². The van der Waals surface area contributed by atoms with Crippen molar-refractivity contribution < 1.29 is 14.3 Å². The molecule has 136 valence electrons. The van der Waals surface area contributed by atoms with Gasteiger partial charge in [-0.1, -0.05) is 0 Å². The van der Waals surface area contributed by atoms with Gasteiger partial charge in [-0.25, -0.2) is 9.18 Å². The van der Waals surface area contributed by atoms with Crippen molar-refractivity contribution in [1.82, 2.24) is 10.2 Å². The predicted molar refractivity (Wildman–Crippen MR) is 96.4 cm³/mol. The van der Waals surface area contributed by atoms with Crippen LogP contribution in [0.1, 0.15) is 26.2 Å². The number of benzene rings is 1. The highest BCUT2D eigenvalue weighted by molar-refractivity contribution is 5.85. The number of aliphatic hydroxyl groups excluding tert-OH is 1. The molecule has 1 saturated heterocycles. The number of hydrogen-bond donors (Lipinski definition) is 2. The van der Waals surface area contributed by atoms with E-state index in [1.807, 2.05) is 11.8 Å². The average molecular weight is 360 g/mol. The minimum atomic E-state index is -0.241. The molecule has 0 saturated carbocycles. The summed E-state index contributed by atoms with van der Waals surface area (Å²) >= 11 is 0. The molecular formula is C17H27ClFN3O2. The Bertz CT molecular complexity index is 501. The molecule has 24 heavy (non-hydrogen) atoms. The smallest absolute Gasteiger partial charge is 0.317 e. The molecule has 2 rings (SSSR count). The van der Waals surface area contributed by atoms with Crippen LogP contribution in [0.5, 0.6) is 0 Å². The van der Waals surface area contributed by atoms with Gasteiger partial charge in [-0.05, 0) is 50.5 Å². The summed E-state index contributed by atoms with van der Waals surface area (Å²) in [6.45, 7) is 4.81. The number of carbonyl (C=O) groups is 1. The summed E-state index contributed by atoms with van der Waals surface area (Å²) in [5.41, 5.74) is 0.981. The Morgan fingerprint density at radius 3 is 2.62 bits per heavy atom.